The van der Waals surface area contributed by atoms with Gasteiger partial charge in [0.1, 0.15) is 17.6 Å². The third kappa shape index (κ3) is 6.42. The van der Waals surface area contributed by atoms with Gasteiger partial charge >= 0.3 is 0 Å². The van der Waals surface area contributed by atoms with E-state index in [2.05, 4.69) is 20.5 Å². The Morgan fingerprint density at radius 1 is 1.12 bits per heavy atom. The van der Waals surface area contributed by atoms with Crippen LogP contribution in [0.25, 0.3) is 0 Å². The highest BCUT2D eigenvalue weighted by Crippen LogP contribution is 2.30. The Morgan fingerprint density at radius 3 is 2.38 bits per heavy atom. The highest BCUT2D eigenvalue weighted by atomic mass is 19.1. The molecule has 1 saturated heterocycles. The zero-order valence-corrected chi connectivity index (χ0v) is 19.2. The van der Waals surface area contributed by atoms with Crippen molar-refractivity contribution in [3.8, 4) is 17.2 Å². The molecule has 0 aliphatic carbocycles. The van der Waals surface area contributed by atoms with Crippen LogP contribution in [0, 0.1) is 5.82 Å². The number of methoxy groups -OCH3 is 2. The summed E-state index contributed by atoms with van der Waals surface area (Å²) in [5.41, 5.74) is 1.10. The Kier molecular flexibility index (Phi) is 8.41. The first kappa shape index (κ1) is 23.5. The quantitative estimate of drug-likeness (QED) is 0.480. The molecular formula is C24H33FN4O3. The average Bonchev–Trinajstić information content (AvgIpc) is 2.83. The number of aliphatic imine (C=N–C) groups is 1. The van der Waals surface area contributed by atoms with Crippen LogP contribution in [-0.4, -0.2) is 59.0 Å². The fourth-order valence-electron chi connectivity index (χ4n) is 3.68. The maximum absolute atomic E-state index is 13.8. The molecule has 0 spiro atoms. The second-order valence-electron chi connectivity index (χ2n) is 7.79. The molecule has 7 nitrogen and oxygen atoms in total. The highest BCUT2D eigenvalue weighted by Gasteiger charge is 2.21. The van der Waals surface area contributed by atoms with Crippen molar-refractivity contribution in [1.29, 1.82) is 0 Å². The minimum Gasteiger partial charge on any atom is -0.497 e. The molecule has 2 aromatic rings. The van der Waals surface area contributed by atoms with Gasteiger partial charge in [0.25, 0.3) is 0 Å². The summed E-state index contributed by atoms with van der Waals surface area (Å²) in [5.74, 6) is 2.19. The number of nitrogens with one attached hydrogen (secondary N) is 2. The van der Waals surface area contributed by atoms with Gasteiger partial charge in [-0.05, 0) is 31.9 Å². The Balaban J connectivity index is 1.47. The molecule has 2 N–H and O–H groups in total. The minimum absolute atomic E-state index is 0.213. The number of benzene rings is 2. The monoisotopic (exact) mass is 444 g/mol. The van der Waals surface area contributed by atoms with Gasteiger partial charge in [-0.1, -0.05) is 12.1 Å². The van der Waals surface area contributed by atoms with Gasteiger partial charge in [-0.25, -0.2) is 4.39 Å². The molecule has 174 valence electrons. The zero-order valence-electron chi connectivity index (χ0n) is 19.2. The fourth-order valence-corrected chi connectivity index (χ4v) is 3.68. The number of halogens is 1. The molecule has 8 heteroatoms. The van der Waals surface area contributed by atoms with Crippen LogP contribution >= 0.6 is 0 Å². The van der Waals surface area contributed by atoms with Gasteiger partial charge in [0.05, 0.1) is 20.8 Å². The van der Waals surface area contributed by atoms with E-state index in [1.807, 2.05) is 25.1 Å². The summed E-state index contributed by atoms with van der Waals surface area (Å²) in [7, 11) is 5.07. The van der Waals surface area contributed by atoms with Crippen molar-refractivity contribution >= 4 is 11.6 Å². The Labute approximate surface area is 189 Å². The van der Waals surface area contributed by atoms with Crippen molar-refractivity contribution < 1.29 is 18.6 Å². The van der Waals surface area contributed by atoms with E-state index in [0.29, 0.717) is 12.6 Å². The van der Waals surface area contributed by atoms with Gasteiger partial charge in [-0.2, -0.15) is 0 Å². The second kappa shape index (κ2) is 11.5. The number of guanidine groups is 1. The van der Waals surface area contributed by atoms with E-state index >= 15 is 0 Å². The molecule has 0 saturated carbocycles. The van der Waals surface area contributed by atoms with Crippen LogP contribution in [-0.2, 0) is 0 Å². The highest BCUT2D eigenvalue weighted by molar-refractivity contribution is 5.80. The maximum Gasteiger partial charge on any atom is 0.191 e. The SMILES string of the molecule is CN=C(NCC(C)Oc1ccccc1F)NC1CCN(c2cc(OC)cc(OC)c2)CC1. The summed E-state index contributed by atoms with van der Waals surface area (Å²) in [6.07, 6.45) is 1.73. The summed E-state index contributed by atoms with van der Waals surface area (Å²) in [6, 6.07) is 12.7. The topological polar surface area (TPSA) is 67.4 Å². The first-order valence-electron chi connectivity index (χ1n) is 10.9. The molecule has 2 aromatic carbocycles. The standard InChI is InChI=1S/C24H33FN4O3/c1-17(32-23-8-6-5-7-22(23)25)16-27-24(26-2)28-18-9-11-29(12-10-18)19-13-20(30-3)15-21(14-19)31-4/h5-8,13-15,17-18H,9-12,16H2,1-4H3,(H2,26,27,28). The molecule has 1 heterocycles. The normalized spacial score (nSPS) is 15.8. The lowest BCUT2D eigenvalue weighted by Gasteiger charge is -2.35. The number of hydrogen-bond acceptors (Lipinski definition) is 5. The van der Waals surface area contributed by atoms with E-state index in [-0.39, 0.29) is 17.7 Å². The zero-order chi connectivity index (χ0) is 22.9. The first-order chi connectivity index (χ1) is 15.5. The summed E-state index contributed by atoms with van der Waals surface area (Å²) in [6.45, 7) is 4.24. The van der Waals surface area contributed by atoms with E-state index in [9.17, 15) is 4.39 Å². The van der Waals surface area contributed by atoms with E-state index in [4.69, 9.17) is 14.2 Å². The van der Waals surface area contributed by atoms with Gasteiger partial charge < -0.3 is 29.7 Å². The number of hydrogen-bond donors (Lipinski definition) is 2. The van der Waals surface area contributed by atoms with E-state index in [0.717, 1.165) is 49.1 Å². The van der Waals surface area contributed by atoms with Crippen molar-refractivity contribution in [2.24, 2.45) is 4.99 Å². The van der Waals surface area contributed by atoms with Crippen molar-refractivity contribution in [2.45, 2.75) is 31.9 Å². The van der Waals surface area contributed by atoms with Crippen LogP contribution in [0.2, 0.25) is 0 Å². The molecule has 1 fully saturated rings. The lowest BCUT2D eigenvalue weighted by molar-refractivity contribution is 0.214. The first-order valence-corrected chi connectivity index (χ1v) is 10.9. The number of para-hydroxylation sites is 1. The Bertz CT molecular complexity index is 878. The molecule has 3 rings (SSSR count). The van der Waals surface area contributed by atoms with Crippen LogP contribution in [0.15, 0.2) is 47.5 Å². The third-order valence-corrected chi connectivity index (χ3v) is 5.48. The molecule has 1 aliphatic rings. The van der Waals surface area contributed by atoms with Crippen LogP contribution in [0.4, 0.5) is 10.1 Å². The predicted molar refractivity (Wildman–Crippen MR) is 126 cm³/mol. The Morgan fingerprint density at radius 2 is 1.78 bits per heavy atom. The van der Waals surface area contributed by atoms with Gasteiger partial charge in [0, 0.05) is 50.1 Å². The predicted octanol–water partition coefficient (Wildman–Crippen LogP) is 3.44. The fraction of sp³-hybridized carbons (Fsp3) is 0.458. The van der Waals surface area contributed by atoms with Gasteiger partial charge in [-0.3, -0.25) is 4.99 Å². The molecule has 0 aromatic heterocycles. The molecule has 1 unspecified atom stereocenters. The van der Waals surface area contributed by atoms with E-state index < -0.39 is 0 Å². The van der Waals surface area contributed by atoms with Crippen molar-refractivity contribution in [1.82, 2.24) is 10.6 Å². The molecule has 0 bridgehead atoms. The minimum atomic E-state index is -0.359. The van der Waals surface area contributed by atoms with Crippen molar-refractivity contribution in [3.05, 3.63) is 48.3 Å². The van der Waals surface area contributed by atoms with Crippen LogP contribution in [0.5, 0.6) is 17.2 Å². The third-order valence-electron chi connectivity index (χ3n) is 5.48. The van der Waals surface area contributed by atoms with Gasteiger partial charge in [0.15, 0.2) is 17.5 Å². The van der Waals surface area contributed by atoms with E-state index in [1.165, 1.54) is 6.07 Å². The second-order valence-corrected chi connectivity index (χ2v) is 7.79. The van der Waals surface area contributed by atoms with Crippen molar-refractivity contribution in [2.75, 3.05) is 45.8 Å². The Hall–Kier alpha value is -3.16. The average molecular weight is 445 g/mol. The summed E-state index contributed by atoms with van der Waals surface area (Å²) >= 11 is 0. The lowest BCUT2D eigenvalue weighted by atomic mass is 10.0. The molecule has 1 aliphatic heterocycles. The smallest absolute Gasteiger partial charge is 0.191 e. The van der Waals surface area contributed by atoms with Crippen molar-refractivity contribution in [3.63, 3.8) is 0 Å². The van der Waals surface area contributed by atoms with Crippen LogP contribution in [0.1, 0.15) is 19.8 Å². The molecule has 32 heavy (non-hydrogen) atoms. The molecule has 0 amide bonds. The number of nitrogens with zero attached hydrogens (tertiary/aromatic N) is 2. The summed E-state index contributed by atoms with van der Waals surface area (Å²) in [5, 5.41) is 6.76. The van der Waals surface area contributed by atoms with E-state index in [1.54, 1.807) is 39.5 Å². The molecule has 0 radical (unpaired) electrons. The summed E-state index contributed by atoms with van der Waals surface area (Å²) < 4.78 is 30.2. The maximum atomic E-state index is 13.8. The lowest BCUT2D eigenvalue weighted by Crippen LogP contribution is -2.50. The number of rotatable bonds is 8. The van der Waals surface area contributed by atoms with Crippen LogP contribution in [0.3, 0.4) is 0 Å². The number of anilines is 1. The summed E-state index contributed by atoms with van der Waals surface area (Å²) in [4.78, 5) is 6.66. The van der Waals surface area contributed by atoms with Crippen LogP contribution < -0.4 is 29.7 Å². The number of ether oxygens (including phenoxy) is 3. The van der Waals surface area contributed by atoms with Gasteiger partial charge in [-0.15, -0.1) is 0 Å². The number of piperidine rings is 1. The van der Waals surface area contributed by atoms with Gasteiger partial charge in [0.2, 0.25) is 0 Å². The molecule has 1 atom stereocenters. The largest absolute Gasteiger partial charge is 0.497 e. The molecular weight excluding hydrogens is 411 g/mol.